The van der Waals surface area contributed by atoms with Gasteiger partial charge in [-0.15, -0.1) is 0 Å². The highest BCUT2D eigenvalue weighted by Crippen LogP contribution is 2.29. The molecule has 1 aliphatic heterocycles. The number of thioether (sulfide) groups is 1. The monoisotopic (exact) mass is 278 g/mol. The molecule has 0 saturated carbocycles. The number of carbonyl (C=O) groups is 1. The Bertz CT molecular complexity index is 448. The molecule has 0 radical (unpaired) electrons. The van der Waals surface area contributed by atoms with E-state index in [9.17, 15) is 4.79 Å². The summed E-state index contributed by atoms with van der Waals surface area (Å²) in [5, 5.41) is 7.14. The first-order valence-electron chi connectivity index (χ1n) is 6.85. The van der Waals surface area contributed by atoms with Gasteiger partial charge < -0.3 is 10.6 Å². The maximum Gasteiger partial charge on any atom is 0.226 e. The smallest absolute Gasteiger partial charge is 0.226 e. The van der Waals surface area contributed by atoms with Gasteiger partial charge in [-0.1, -0.05) is 26.8 Å². The van der Waals surface area contributed by atoms with Crippen LogP contribution in [0.2, 0.25) is 0 Å². The minimum absolute atomic E-state index is 0.00266. The average Bonchev–Trinajstić information content (AvgIpc) is 2.75. The van der Waals surface area contributed by atoms with Crippen molar-refractivity contribution in [1.29, 1.82) is 0 Å². The molecule has 1 aromatic rings. The molecule has 1 aliphatic rings. The normalized spacial score (nSPS) is 22.5. The van der Waals surface area contributed by atoms with Crippen molar-refractivity contribution in [3.8, 4) is 0 Å². The Morgan fingerprint density at radius 3 is 2.74 bits per heavy atom. The van der Waals surface area contributed by atoms with E-state index in [1.54, 1.807) is 0 Å². The van der Waals surface area contributed by atoms with Gasteiger partial charge in [-0.25, -0.2) is 0 Å². The molecule has 1 heterocycles. The molecule has 2 unspecified atom stereocenters. The van der Waals surface area contributed by atoms with E-state index in [1.165, 1.54) is 12.2 Å². The fraction of sp³-hybridized carbons (Fsp3) is 0.533. The largest absolute Gasteiger partial charge is 0.381 e. The highest BCUT2D eigenvalue weighted by Gasteiger charge is 2.23. The average molecular weight is 278 g/mol. The lowest BCUT2D eigenvalue weighted by atomic mass is 10.1. The summed E-state index contributed by atoms with van der Waals surface area (Å²) in [6.07, 6.45) is 1.20. The molecular weight excluding hydrogens is 256 g/mol. The van der Waals surface area contributed by atoms with E-state index in [-0.39, 0.29) is 11.8 Å². The molecule has 1 aromatic carbocycles. The lowest BCUT2D eigenvalue weighted by Gasteiger charge is -2.18. The molecule has 0 spiro atoms. The first-order valence-corrected chi connectivity index (χ1v) is 7.90. The van der Waals surface area contributed by atoms with E-state index >= 15 is 0 Å². The molecule has 3 nitrogen and oxygen atoms in total. The van der Waals surface area contributed by atoms with E-state index in [0.717, 1.165) is 11.4 Å². The third kappa shape index (κ3) is 3.90. The van der Waals surface area contributed by atoms with Crippen molar-refractivity contribution in [1.82, 2.24) is 0 Å². The number of hydrogen-bond acceptors (Lipinski definition) is 3. The Morgan fingerprint density at radius 1 is 1.37 bits per heavy atom. The van der Waals surface area contributed by atoms with Gasteiger partial charge in [-0.05, 0) is 30.4 Å². The number of nitrogens with one attached hydrogen (secondary N) is 2. The molecule has 0 aromatic heterocycles. The van der Waals surface area contributed by atoms with Crippen LogP contribution in [0.5, 0.6) is 0 Å². The van der Waals surface area contributed by atoms with E-state index in [2.05, 4.69) is 23.6 Å². The number of anilines is 2. The lowest BCUT2D eigenvalue weighted by molar-refractivity contribution is -0.118. The van der Waals surface area contributed by atoms with Crippen molar-refractivity contribution in [3.05, 3.63) is 24.3 Å². The van der Waals surface area contributed by atoms with Gasteiger partial charge in [-0.3, -0.25) is 4.79 Å². The predicted molar refractivity (Wildman–Crippen MR) is 83.9 cm³/mol. The minimum Gasteiger partial charge on any atom is -0.381 e. The van der Waals surface area contributed by atoms with Crippen LogP contribution < -0.4 is 10.6 Å². The second kappa shape index (κ2) is 6.33. The van der Waals surface area contributed by atoms with Gasteiger partial charge in [-0.2, -0.15) is 11.8 Å². The molecule has 2 N–H and O–H groups in total. The van der Waals surface area contributed by atoms with E-state index in [1.807, 2.05) is 43.8 Å². The number of hydrogen-bond donors (Lipinski definition) is 2. The van der Waals surface area contributed by atoms with Gasteiger partial charge >= 0.3 is 0 Å². The van der Waals surface area contributed by atoms with Crippen LogP contribution in [0.15, 0.2) is 24.3 Å². The first-order chi connectivity index (χ1) is 9.06. The molecule has 1 fully saturated rings. The maximum absolute atomic E-state index is 11.7. The summed E-state index contributed by atoms with van der Waals surface area (Å²) in [4.78, 5) is 11.7. The van der Waals surface area contributed by atoms with E-state index in [0.29, 0.717) is 11.3 Å². The van der Waals surface area contributed by atoms with Crippen LogP contribution in [0.1, 0.15) is 27.2 Å². The Kier molecular flexibility index (Phi) is 4.75. The highest BCUT2D eigenvalue weighted by atomic mass is 32.2. The molecule has 1 amide bonds. The third-order valence-electron chi connectivity index (χ3n) is 3.38. The van der Waals surface area contributed by atoms with Gasteiger partial charge in [0.05, 0.1) is 0 Å². The summed E-state index contributed by atoms with van der Waals surface area (Å²) >= 11 is 2.01. The number of amides is 1. The summed E-state index contributed by atoms with van der Waals surface area (Å²) in [5.41, 5.74) is 1.95. The molecule has 19 heavy (non-hydrogen) atoms. The Labute approximate surface area is 119 Å². The first kappa shape index (κ1) is 14.3. The van der Waals surface area contributed by atoms with Crippen LogP contribution in [-0.2, 0) is 4.79 Å². The molecule has 2 atom stereocenters. The van der Waals surface area contributed by atoms with Crippen LogP contribution in [0.4, 0.5) is 11.4 Å². The number of rotatable bonds is 4. The summed E-state index contributed by atoms with van der Waals surface area (Å²) in [6.45, 7) is 6.06. The zero-order chi connectivity index (χ0) is 13.8. The molecule has 2 rings (SSSR count). The maximum atomic E-state index is 11.7. The van der Waals surface area contributed by atoms with Crippen LogP contribution in [-0.4, -0.2) is 23.0 Å². The molecule has 0 aliphatic carbocycles. The van der Waals surface area contributed by atoms with E-state index in [4.69, 9.17) is 0 Å². The topological polar surface area (TPSA) is 41.1 Å². The summed E-state index contributed by atoms with van der Waals surface area (Å²) < 4.78 is 0. The quantitative estimate of drug-likeness (QED) is 0.884. The Balaban J connectivity index is 2.00. The van der Waals surface area contributed by atoms with E-state index < -0.39 is 0 Å². The second-order valence-corrected chi connectivity index (χ2v) is 6.83. The van der Waals surface area contributed by atoms with Crippen LogP contribution in [0.3, 0.4) is 0 Å². The van der Waals surface area contributed by atoms with Gasteiger partial charge in [0.2, 0.25) is 5.91 Å². The van der Waals surface area contributed by atoms with Gasteiger partial charge in [0.25, 0.3) is 0 Å². The lowest BCUT2D eigenvalue weighted by Crippen LogP contribution is -2.24. The SMILES string of the molecule is CC(C)C(=O)Nc1cccc(NC2CCSC2C)c1. The van der Waals surface area contributed by atoms with Gasteiger partial charge in [0, 0.05) is 28.6 Å². The number of benzene rings is 1. The standard InChI is InChI=1S/C15H22N2OS/c1-10(2)15(18)17-13-6-4-5-12(9-13)16-14-7-8-19-11(14)3/h4-6,9-11,14,16H,7-8H2,1-3H3,(H,17,18). The zero-order valence-corrected chi connectivity index (χ0v) is 12.6. The molecule has 104 valence electrons. The fourth-order valence-corrected chi connectivity index (χ4v) is 3.31. The number of carbonyl (C=O) groups excluding carboxylic acids is 1. The second-order valence-electron chi connectivity index (χ2n) is 5.34. The van der Waals surface area contributed by atoms with Crippen molar-refractivity contribution in [2.24, 2.45) is 5.92 Å². The molecule has 4 heteroatoms. The molecular formula is C15H22N2OS. The zero-order valence-electron chi connectivity index (χ0n) is 11.8. The highest BCUT2D eigenvalue weighted by molar-refractivity contribution is 8.00. The predicted octanol–water partition coefficient (Wildman–Crippen LogP) is 3.59. The molecule has 0 bridgehead atoms. The van der Waals surface area contributed by atoms with Gasteiger partial charge in [0.1, 0.15) is 0 Å². The summed E-state index contributed by atoms with van der Waals surface area (Å²) in [6, 6.07) is 8.50. The van der Waals surface area contributed by atoms with Crippen molar-refractivity contribution in [2.45, 2.75) is 38.5 Å². The third-order valence-corrected chi connectivity index (χ3v) is 4.71. The van der Waals surface area contributed by atoms with Crippen molar-refractivity contribution in [3.63, 3.8) is 0 Å². The minimum atomic E-state index is 0.00266. The Hall–Kier alpha value is -1.16. The van der Waals surface area contributed by atoms with Crippen molar-refractivity contribution in [2.75, 3.05) is 16.4 Å². The van der Waals surface area contributed by atoms with Crippen LogP contribution in [0.25, 0.3) is 0 Å². The molecule has 1 saturated heterocycles. The van der Waals surface area contributed by atoms with Crippen LogP contribution >= 0.6 is 11.8 Å². The fourth-order valence-electron chi connectivity index (χ4n) is 2.11. The Morgan fingerprint density at radius 2 is 2.11 bits per heavy atom. The summed E-state index contributed by atoms with van der Waals surface area (Å²) in [7, 11) is 0. The van der Waals surface area contributed by atoms with Crippen molar-refractivity contribution >= 4 is 29.0 Å². The van der Waals surface area contributed by atoms with Crippen molar-refractivity contribution < 1.29 is 4.79 Å². The summed E-state index contributed by atoms with van der Waals surface area (Å²) in [5.74, 6) is 1.28. The van der Waals surface area contributed by atoms with Crippen LogP contribution in [0, 0.1) is 5.92 Å². The van der Waals surface area contributed by atoms with Gasteiger partial charge in [0.15, 0.2) is 0 Å².